The van der Waals surface area contributed by atoms with Gasteiger partial charge in [-0.05, 0) is 101 Å². The highest BCUT2D eigenvalue weighted by Gasteiger charge is 2.54. The van der Waals surface area contributed by atoms with E-state index in [9.17, 15) is 0 Å². The molecule has 1 spiro atoms. The summed E-state index contributed by atoms with van der Waals surface area (Å²) in [5.74, 6) is 0. The molecule has 0 N–H and O–H groups in total. The van der Waals surface area contributed by atoms with Gasteiger partial charge in [0.05, 0.1) is 22.5 Å². The van der Waals surface area contributed by atoms with Gasteiger partial charge in [-0.15, -0.1) is 0 Å². The lowest BCUT2D eigenvalue weighted by Gasteiger charge is -2.46. The summed E-state index contributed by atoms with van der Waals surface area (Å²) >= 11 is 0. The fourth-order valence-corrected chi connectivity index (χ4v) is 12.1. The summed E-state index contributed by atoms with van der Waals surface area (Å²) in [6, 6.07) is 92.8. The lowest BCUT2D eigenvalue weighted by Crippen LogP contribution is -2.40. The van der Waals surface area contributed by atoms with E-state index in [0.29, 0.717) is 0 Å². The van der Waals surface area contributed by atoms with Crippen LogP contribution in [0.25, 0.3) is 66.1 Å². The number of benzene rings is 11. The van der Waals surface area contributed by atoms with Crippen molar-refractivity contribution in [2.45, 2.75) is 24.7 Å². The average Bonchev–Trinajstić information content (AvgIpc) is 3.70. The molecule has 0 bridgehead atoms. The Morgan fingerprint density at radius 3 is 1.42 bits per heavy atom. The number of nitrogens with zero attached hydrogens (tertiary/aromatic N) is 1. The Balaban J connectivity index is 1.15. The van der Waals surface area contributed by atoms with Crippen molar-refractivity contribution < 1.29 is 0 Å². The van der Waals surface area contributed by atoms with Crippen molar-refractivity contribution in [1.29, 1.82) is 0 Å². The fraction of sp³-hybridized carbons (Fsp3) is 0.0606. The highest BCUT2D eigenvalue weighted by Crippen LogP contribution is 2.64. The first-order valence-corrected chi connectivity index (χ1v) is 23.5. The van der Waals surface area contributed by atoms with Crippen LogP contribution in [0.2, 0.25) is 0 Å². The van der Waals surface area contributed by atoms with E-state index in [1.807, 2.05) is 0 Å². The number of rotatable bonds is 6. The summed E-state index contributed by atoms with van der Waals surface area (Å²) in [5, 5.41) is 4.89. The molecule has 0 saturated carbocycles. The second-order valence-corrected chi connectivity index (χ2v) is 18.7. The van der Waals surface area contributed by atoms with E-state index in [2.05, 4.69) is 267 Å². The van der Waals surface area contributed by atoms with E-state index in [1.165, 1.54) is 93.9 Å². The van der Waals surface area contributed by atoms with Crippen LogP contribution in [-0.2, 0) is 10.8 Å². The van der Waals surface area contributed by atoms with Crippen LogP contribution >= 0.6 is 0 Å². The molecule has 0 aromatic heterocycles. The summed E-state index contributed by atoms with van der Waals surface area (Å²) in [7, 11) is 0. The topological polar surface area (TPSA) is 3.24 Å². The molecule has 0 fully saturated rings. The Morgan fingerprint density at radius 2 is 0.731 bits per heavy atom. The number of hydrogen-bond donors (Lipinski definition) is 0. The molecular weight excluding hydrogens is 807 g/mol. The second kappa shape index (κ2) is 15.2. The van der Waals surface area contributed by atoms with Gasteiger partial charge >= 0.3 is 0 Å². The normalized spacial score (nSPS) is 13.8. The third-order valence-electron chi connectivity index (χ3n) is 14.9. The van der Waals surface area contributed by atoms with Gasteiger partial charge in [0.1, 0.15) is 0 Å². The zero-order chi connectivity index (χ0) is 44.7. The Kier molecular flexibility index (Phi) is 8.85. The van der Waals surface area contributed by atoms with Crippen LogP contribution in [0.15, 0.2) is 249 Å². The summed E-state index contributed by atoms with van der Waals surface area (Å²) in [5.41, 5.74) is 20.5. The monoisotopic (exact) mass is 853 g/mol. The highest BCUT2D eigenvalue weighted by molar-refractivity contribution is 6.16. The molecule has 0 heterocycles. The molecule has 0 amide bonds. The summed E-state index contributed by atoms with van der Waals surface area (Å²) in [4.78, 5) is 2.60. The molecular formula is C66H47N. The Hall–Kier alpha value is -8.26. The maximum Gasteiger partial charge on any atom is 0.0720 e. The van der Waals surface area contributed by atoms with Gasteiger partial charge < -0.3 is 4.90 Å². The van der Waals surface area contributed by atoms with Crippen LogP contribution < -0.4 is 4.90 Å². The molecule has 67 heavy (non-hydrogen) atoms. The second-order valence-electron chi connectivity index (χ2n) is 18.7. The lowest BCUT2D eigenvalue weighted by molar-refractivity contribution is 0.563. The first kappa shape index (κ1) is 39.1. The minimum Gasteiger partial charge on any atom is -0.309 e. The zero-order valence-corrected chi connectivity index (χ0v) is 37.6. The van der Waals surface area contributed by atoms with Crippen molar-refractivity contribution in [3.8, 4) is 44.5 Å². The molecule has 316 valence electrons. The molecule has 2 aliphatic rings. The maximum atomic E-state index is 2.60. The van der Waals surface area contributed by atoms with Gasteiger partial charge in [0.25, 0.3) is 0 Å². The molecule has 0 saturated heterocycles. The molecule has 2 aliphatic carbocycles. The van der Waals surface area contributed by atoms with Gasteiger partial charge in [0, 0.05) is 21.9 Å². The minimum absolute atomic E-state index is 0.185. The Morgan fingerprint density at radius 1 is 0.284 bits per heavy atom. The van der Waals surface area contributed by atoms with E-state index in [4.69, 9.17) is 0 Å². The van der Waals surface area contributed by atoms with E-state index in [-0.39, 0.29) is 5.41 Å². The maximum absolute atomic E-state index is 2.60. The van der Waals surface area contributed by atoms with E-state index >= 15 is 0 Å². The number of hydrogen-bond acceptors (Lipinski definition) is 1. The van der Waals surface area contributed by atoms with Crippen LogP contribution in [0.1, 0.15) is 47.2 Å². The Bertz CT molecular complexity index is 3690. The predicted molar refractivity (Wildman–Crippen MR) is 282 cm³/mol. The molecule has 1 nitrogen and oxygen atoms in total. The third kappa shape index (κ3) is 5.68. The minimum atomic E-state index is -0.533. The van der Waals surface area contributed by atoms with Crippen LogP contribution in [0.4, 0.5) is 17.1 Å². The standard InChI is InChI=1S/C66H47N/c1-65(2)56-36-17-19-38-58(56)66(59-39-20-18-37-57(59)65)55-35-16-14-34-54(55)64-60(66)40-22-42-62(64)67(63-43-45-25-6-7-27-47(45)49-29-12-13-33-53(49)63)61-41-21-15-32-52(61)51-31-11-10-30-50(51)48-28-9-8-26-46(48)44-23-4-3-5-24-44/h3-43H,1-2H3. The van der Waals surface area contributed by atoms with Crippen molar-refractivity contribution in [3.63, 3.8) is 0 Å². The number of para-hydroxylation sites is 1. The van der Waals surface area contributed by atoms with E-state index in [1.54, 1.807) is 0 Å². The van der Waals surface area contributed by atoms with Gasteiger partial charge in [0.15, 0.2) is 0 Å². The molecule has 11 aromatic rings. The fourth-order valence-electron chi connectivity index (χ4n) is 12.1. The van der Waals surface area contributed by atoms with E-state index < -0.39 is 5.41 Å². The Labute approximate surface area is 392 Å². The van der Waals surface area contributed by atoms with Crippen molar-refractivity contribution in [3.05, 3.63) is 282 Å². The SMILES string of the molecule is CC1(C)c2ccccc2C2(c3ccccc3-c3c(N(c4ccccc4-c4ccccc4-c4ccccc4-c4ccccc4)c4cc5ccccc5c5ccccc45)cccc32)c2ccccc21. The van der Waals surface area contributed by atoms with Gasteiger partial charge in [0.2, 0.25) is 0 Å². The molecule has 0 atom stereocenters. The van der Waals surface area contributed by atoms with Crippen LogP contribution in [0, 0.1) is 0 Å². The molecule has 0 aliphatic heterocycles. The number of fused-ring (bicyclic) bond motifs is 12. The predicted octanol–water partition coefficient (Wildman–Crippen LogP) is 17.5. The third-order valence-corrected chi connectivity index (χ3v) is 14.9. The van der Waals surface area contributed by atoms with Crippen LogP contribution in [-0.4, -0.2) is 0 Å². The highest BCUT2D eigenvalue weighted by atomic mass is 15.2. The zero-order valence-electron chi connectivity index (χ0n) is 37.6. The average molecular weight is 854 g/mol. The lowest BCUT2D eigenvalue weighted by atomic mass is 9.55. The molecule has 1 heteroatoms. The van der Waals surface area contributed by atoms with Crippen molar-refractivity contribution in [2.75, 3.05) is 4.90 Å². The van der Waals surface area contributed by atoms with Crippen molar-refractivity contribution in [2.24, 2.45) is 0 Å². The van der Waals surface area contributed by atoms with E-state index in [0.717, 1.165) is 22.6 Å². The van der Waals surface area contributed by atoms with Gasteiger partial charge in [-0.3, -0.25) is 0 Å². The van der Waals surface area contributed by atoms with Crippen LogP contribution in [0.3, 0.4) is 0 Å². The number of anilines is 3. The van der Waals surface area contributed by atoms with Crippen molar-refractivity contribution in [1.82, 2.24) is 0 Å². The van der Waals surface area contributed by atoms with Gasteiger partial charge in [-0.25, -0.2) is 0 Å². The van der Waals surface area contributed by atoms with Gasteiger partial charge in [-0.2, -0.15) is 0 Å². The summed E-state index contributed by atoms with van der Waals surface area (Å²) in [6.07, 6.45) is 0. The first-order valence-electron chi connectivity index (χ1n) is 23.5. The quantitative estimate of drug-likeness (QED) is 0.151. The molecule has 0 radical (unpaired) electrons. The smallest absolute Gasteiger partial charge is 0.0720 e. The summed E-state index contributed by atoms with van der Waals surface area (Å²) in [6.45, 7) is 4.80. The van der Waals surface area contributed by atoms with Gasteiger partial charge in [-0.1, -0.05) is 244 Å². The molecule has 13 rings (SSSR count). The van der Waals surface area contributed by atoms with Crippen molar-refractivity contribution >= 4 is 38.6 Å². The molecule has 11 aromatic carbocycles. The summed E-state index contributed by atoms with van der Waals surface area (Å²) < 4.78 is 0. The van der Waals surface area contributed by atoms with Crippen LogP contribution in [0.5, 0.6) is 0 Å². The molecule has 0 unspecified atom stereocenters. The first-order chi connectivity index (χ1) is 33.0. The largest absolute Gasteiger partial charge is 0.309 e.